The normalized spacial score (nSPS) is 22.6. The maximum absolute atomic E-state index is 13.5. The Morgan fingerprint density at radius 1 is 1.13 bits per heavy atom. The van der Waals surface area contributed by atoms with Gasteiger partial charge < -0.3 is 9.64 Å². The van der Waals surface area contributed by atoms with Crippen molar-refractivity contribution in [1.29, 1.82) is 0 Å². The topological polar surface area (TPSA) is 41.9 Å². The van der Waals surface area contributed by atoms with Gasteiger partial charge in [0.2, 0.25) is 0 Å². The summed E-state index contributed by atoms with van der Waals surface area (Å²) in [7, 11) is 0. The molecule has 0 aromatic heterocycles. The number of likely N-dealkylation sites (tertiary alicyclic amines) is 1. The van der Waals surface area contributed by atoms with Crippen LogP contribution < -0.4 is 0 Å². The summed E-state index contributed by atoms with van der Waals surface area (Å²) >= 11 is 0. The number of hydrogen-bond acceptors (Lipinski definition) is 3. The molecule has 0 bridgehead atoms. The van der Waals surface area contributed by atoms with Gasteiger partial charge in [0.15, 0.2) is 0 Å². The van der Waals surface area contributed by atoms with Crippen molar-refractivity contribution in [2.45, 2.75) is 52.7 Å². The van der Waals surface area contributed by atoms with Crippen LogP contribution in [0.1, 0.15) is 51.3 Å². The maximum atomic E-state index is 13.5. The first-order valence-electron chi connectivity index (χ1n) is 10.9. The summed E-state index contributed by atoms with van der Waals surface area (Å²) in [6, 6.07) is 14.9. The highest BCUT2D eigenvalue weighted by Crippen LogP contribution is 2.41. The molecule has 2 aliphatic heterocycles. The van der Waals surface area contributed by atoms with E-state index in [1.807, 2.05) is 31.7 Å². The van der Waals surface area contributed by atoms with Crippen LogP contribution in [0.5, 0.6) is 0 Å². The minimum atomic E-state index is -0.517. The van der Waals surface area contributed by atoms with Gasteiger partial charge in [0, 0.05) is 30.1 Å². The van der Waals surface area contributed by atoms with Gasteiger partial charge in [-0.25, -0.2) is 9.18 Å². The van der Waals surface area contributed by atoms with E-state index in [0.29, 0.717) is 13.1 Å². The zero-order valence-corrected chi connectivity index (χ0v) is 19.0. The first-order chi connectivity index (χ1) is 14.5. The summed E-state index contributed by atoms with van der Waals surface area (Å²) in [6.45, 7) is 11.3. The van der Waals surface area contributed by atoms with Crippen LogP contribution in [0.2, 0.25) is 0 Å². The SMILES string of the molecule is CC(C)(C)OC(=O)N1CC(C2Cc3ccccc3C(c3ccc(F)cc3)=N2)C(C)(C)C1. The van der Waals surface area contributed by atoms with Gasteiger partial charge in [-0.3, -0.25) is 4.99 Å². The Morgan fingerprint density at radius 3 is 2.48 bits per heavy atom. The van der Waals surface area contributed by atoms with E-state index in [9.17, 15) is 9.18 Å². The van der Waals surface area contributed by atoms with Crippen molar-refractivity contribution in [3.63, 3.8) is 0 Å². The Balaban J connectivity index is 1.66. The average molecular weight is 423 g/mol. The number of hydrogen-bond donors (Lipinski definition) is 0. The lowest BCUT2D eigenvalue weighted by atomic mass is 9.74. The van der Waals surface area contributed by atoms with E-state index in [4.69, 9.17) is 9.73 Å². The maximum Gasteiger partial charge on any atom is 0.410 e. The molecule has 5 heteroatoms. The highest BCUT2D eigenvalue weighted by Gasteiger charge is 2.47. The highest BCUT2D eigenvalue weighted by molar-refractivity contribution is 6.14. The van der Waals surface area contributed by atoms with Crippen LogP contribution in [0.3, 0.4) is 0 Å². The molecular formula is C26H31FN2O2. The lowest BCUT2D eigenvalue weighted by molar-refractivity contribution is 0.0276. The van der Waals surface area contributed by atoms with E-state index in [-0.39, 0.29) is 29.3 Å². The van der Waals surface area contributed by atoms with Crippen LogP contribution in [-0.2, 0) is 11.2 Å². The zero-order chi connectivity index (χ0) is 22.4. The Bertz CT molecular complexity index is 1000. The predicted molar refractivity (Wildman–Crippen MR) is 121 cm³/mol. The van der Waals surface area contributed by atoms with Gasteiger partial charge in [0.25, 0.3) is 0 Å². The summed E-state index contributed by atoms with van der Waals surface area (Å²) in [5, 5.41) is 0. The van der Waals surface area contributed by atoms with E-state index in [2.05, 4.69) is 32.0 Å². The van der Waals surface area contributed by atoms with Gasteiger partial charge in [-0.2, -0.15) is 0 Å². The number of aliphatic imine (C=N–C) groups is 1. The number of halogens is 1. The summed E-state index contributed by atoms with van der Waals surface area (Å²) < 4.78 is 19.1. The fourth-order valence-electron chi connectivity index (χ4n) is 4.77. The molecule has 2 aliphatic rings. The van der Waals surface area contributed by atoms with Crippen LogP contribution in [0.25, 0.3) is 0 Å². The molecule has 4 rings (SSSR count). The van der Waals surface area contributed by atoms with Crippen LogP contribution in [0.15, 0.2) is 53.5 Å². The predicted octanol–water partition coefficient (Wildman–Crippen LogP) is 5.48. The Kier molecular flexibility index (Phi) is 5.40. The van der Waals surface area contributed by atoms with Crippen molar-refractivity contribution in [3.8, 4) is 0 Å². The summed E-state index contributed by atoms with van der Waals surface area (Å²) in [5.41, 5.74) is 3.55. The number of fused-ring (bicyclic) bond motifs is 1. The molecule has 2 aromatic carbocycles. The lowest BCUT2D eigenvalue weighted by Gasteiger charge is -2.34. The molecule has 1 amide bonds. The van der Waals surface area contributed by atoms with E-state index in [0.717, 1.165) is 23.3 Å². The van der Waals surface area contributed by atoms with Gasteiger partial charge in [-0.1, -0.05) is 38.1 Å². The summed E-state index contributed by atoms with van der Waals surface area (Å²) in [5.74, 6) is -0.0567. The van der Waals surface area contributed by atoms with Crippen LogP contribution in [0.4, 0.5) is 9.18 Å². The minimum absolute atomic E-state index is 0.0392. The van der Waals surface area contributed by atoms with Gasteiger partial charge in [-0.05, 0) is 62.4 Å². The van der Waals surface area contributed by atoms with Crippen molar-refractivity contribution in [1.82, 2.24) is 4.90 Å². The molecule has 0 radical (unpaired) electrons. The van der Waals surface area contributed by atoms with Gasteiger partial charge in [0.05, 0.1) is 11.8 Å². The standard InChI is InChI=1S/C26H31FN2O2/c1-25(2,3)31-24(30)29-15-21(26(4,5)16-29)22-14-18-8-6-7-9-20(18)23(28-22)17-10-12-19(27)13-11-17/h6-13,21-22H,14-16H2,1-5H3. The summed E-state index contributed by atoms with van der Waals surface area (Å²) in [6.07, 6.45) is 0.568. The molecule has 2 aromatic rings. The third kappa shape index (κ3) is 4.51. The van der Waals surface area contributed by atoms with E-state index in [1.165, 1.54) is 17.7 Å². The molecule has 1 saturated heterocycles. The van der Waals surface area contributed by atoms with Gasteiger partial charge in [0.1, 0.15) is 11.4 Å². The number of carbonyl (C=O) groups is 1. The fraction of sp³-hybridized carbons (Fsp3) is 0.462. The number of rotatable bonds is 2. The van der Waals surface area contributed by atoms with E-state index in [1.54, 1.807) is 12.1 Å². The third-order valence-electron chi connectivity index (χ3n) is 6.25. The molecule has 2 heterocycles. The van der Waals surface area contributed by atoms with Gasteiger partial charge >= 0.3 is 6.09 Å². The van der Waals surface area contributed by atoms with Gasteiger partial charge in [-0.15, -0.1) is 0 Å². The van der Waals surface area contributed by atoms with Crippen LogP contribution >= 0.6 is 0 Å². The second kappa shape index (κ2) is 7.77. The average Bonchev–Trinajstić information content (AvgIpc) is 3.02. The molecule has 0 aliphatic carbocycles. The molecule has 0 saturated carbocycles. The quantitative estimate of drug-likeness (QED) is 0.643. The van der Waals surface area contributed by atoms with Crippen LogP contribution in [0, 0.1) is 17.2 Å². The molecule has 1 fully saturated rings. The summed E-state index contributed by atoms with van der Waals surface area (Å²) in [4.78, 5) is 19.7. The number of carbonyl (C=O) groups excluding carboxylic acids is 1. The number of ether oxygens (including phenoxy) is 1. The first-order valence-corrected chi connectivity index (χ1v) is 10.9. The number of benzene rings is 2. The highest BCUT2D eigenvalue weighted by atomic mass is 19.1. The monoisotopic (exact) mass is 422 g/mol. The second-order valence-corrected chi connectivity index (χ2v) is 10.4. The first kappa shape index (κ1) is 21.5. The van der Waals surface area contributed by atoms with E-state index < -0.39 is 5.60 Å². The third-order valence-corrected chi connectivity index (χ3v) is 6.25. The molecule has 164 valence electrons. The van der Waals surface area contributed by atoms with Crippen LogP contribution in [-0.4, -0.2) is 41.4 Å². The minimum Gasteiger partial charge on any atom is -0.444 e. The van der Waals surface area contributed by atoms with Crippen molar-refractivity contribution < 1.29 is 13.9 Å². The smallest absolute Gasteiger partial charge is 0.410 e. The Morgan fingerprint density at radius 2 is 1.81 bits per heavy atom. The molecule has 0 N–H and O–H groups in total. The largest absolute Gasteiger partial charge is 0.444 e. The van der Waals surface area contributed by atoms with Crippen molar-refractivity contribution in [3.05, 3.63) is 71.0 Å². The number of amides is 1. The Hall–Kier alpha value is -2.69. The molecule has 2 unspecified atom stereocenters. The zero-order valence-electron chi connectivity index (χ0n) is 19.0. The van der Waals surface area contributed by atoms with Crippen molar-refractivity contribution >= 4 is 11.8 Å². The van der Waals surface area contributed by atoms with E-state index >= 15 is 0 Å². The molecule has 31 heavy (non-hydrogen) atoms. The Labute approximate surface area is 184 Å². The lowest BCUT2D eigenvalue weighted by Crippen LogP contribution is -2.37. The van der Waals surface area contributed by atoms with Crippen molar-refractivity contribution in [2.75, 3.05) is 13.1 Å². The molecule has 2 atom stereocenters. The fourth-order valence-corrected chi connectivity index (χ4v) is 4.77. The molecular weight excluding hydrogens is 391 g/mol. The number of nitrogens with zero attached hydrogens (tertiary/aromatic N) is 2. The molecule has 0 spiro atoms. The van der Waals surface area contributed by atoms with Crippen molar-refractivity contribution in [2.24, 2.45) is 16.3 Å². The second-order valence-electron chi connectivity index (χ2n) is 10.4. The molecule has 4 nitrogen and oxygen atoms in total.